The van der Waals surface area contributed by atoms with Crippen LogP contribution >= 0.6 is 0 Å². The quantitative estimate of drug-likeness (QED) is 0.353. The molecule has 39 heavy (non-hydrogen) atoms. The summed E-state index contributed by atoms with van der Waals surface area (Å²) in [5.74, 6) is -0.154. The van der Waals surface area contributed by atoms with Crippen LogP contribution in [0, 0.1) is 23.7 Å². The summed E-state index contributed by atoms with van der Waals surface area (Å²) >= 11 is 0. The molecule has 0 unspecified atom stereocenters. The van der Waals surface area contributed by atoms with Crippen LogP contribution in [0.25, 0.3) is 0 Å². The average Bonchev–Trinajstić information content (AvgIpc) is 3.50. The second-order valence-electron chi connectivity index (χ2n) is 13.5. The maximum absolute atomic E-state index is 11.9. The second-order valence-corrected chi connectivity index (χ2v) is 18.3. The topological polar surface area (TPSA) is 105 Å². The highest BCUT2D eigenvalue weighted by molar-refractivity contribution is 6.74. The minimum Gasteiger partial charge on any atom is -0.493 e. The summed E-state index contributed by atoms with van der Waals surface area (Å²) in [4.78, 5) is 0. The summed E-state index contributed by atoms with van der Waals surface area (Å²) in [5, 5.41) is 23.0. The van der Waals surface area contributed by atoms with Gasteiger partial charge in [0, 0.05) is 18.9 Å². The first-order chi connectivity index (χ1) is 18.2. The van der Waals surface area contributed by atoms with E-state index >= 15 is 0 Å². The van der Waals surface area contributed by atoms with Crippen molar-refractivity contribution in [2.75, 3.05) is 21.0 Å². The molecule has 4 fully saturated rings. The van der Waals surface area contributed by atoms with Crippen LogP contribution in [0.15, 0.2) is 18.2 Å². The van der Waals surface area contributed by atoms with Gasteiger partial charge >= 0.3 is 0 Å². The molecule has 2 heterocycles. The van der Waals surface area contributed by atoms with Crippen LogP contribution in [0.4, 0.5) is 0 Å². The number of aliphatic hydroxyl groups is 2. The summed E-state index contributed by atoms with van der Waals surface area (Å²) in [7, 11) is 0.887. The van der Waals surface area contributed by atoms with Gasteiger partial charge in [0.25, 0.3) is 0 Å². The van der Waals surface area contributed by atoms with Gasteiger partial charge in [-0.1, -0.05) is 26.8 Å². The van der Waals surface area contributed by atoms with E-state index in [1.54, 1.807) is 20.3 Å². The lowest BCUT2D eigenvalue weighted by Crippen LogP contribution is -2.61. The molecule has 2 N–H and O–H groups in total. The van der Waals surface area contributed by atoms with Gasteiger partial charge in [-0.3, -0.25) is 0 Å². The van der Waals surface area contributed by atoms with Gasteiger partial charge in [-0.15, -0.1) is 0 Å². The van der Waals surface area contributed by atoms with Crippen LogP contribution in [0.2, 0.25) is 18.1 Å². The molecule has 2 saturated heterocycles. The summed E-state index contributed by atoms with van der Waals surface area (Å²) in [6.07, 6.45) is -2.47. The van der Waals surface area contributed by atoms with Crippen molar-refractivity contribution in [1.82, 2.24) is 0 Å². The first-order valence-electron chi connectivity index (χ1n) is 14.0. The predicted octanol–water partition coefficient (Wildman–Crippen LogP) is 4.22. The van der Waals surface area contributed by atoms with E-state index in [-0.39, 0.29) is 59.9 Å². The molecule has 2 aliphatic heterocycles. The number of rotatable bonds is 8. The van der Waals surface area contributed by atoms with E-state index in [2.05, 4.69) is 33.9 Å². The molecule has 10 heteroatoms. The first kappa shape index (κ1) is 29.3. The second kappa shape index (κ2) is 10.2. The van der Waals surface area contributed by atoms with E-state index in [1.807, 2.05) is 26.0 Å². The molecule has 10 atom stereocenters. The summed E-state index contributed by atoms with van der Waals surface area (Å²) in [6.45, 7) is 15.1. The number of fused-ring (bicyclic) bond motifs is 2. The van der Waals surface area contributed by atoms with Gasteiger partial charge in [-0.2, -0.15) is 0 Å². The van der Waals surface area contributed by atoms with Crippen molar-refractivity contribution in [3.63, 3.8) is 0 Å². The van der Waals surface area contributed by atoms with Crippen molar-refractivity contribution in [2.45, 2.75) is 102 Å². The molecular weight excluding hydrogens is 520 g/mol. The smallest absolute Gasteiger partial charge is 0.192 e. The third kappa shape index (κ3) is 5.05. The molecule has 5 rings (SSSR count). The van der Waals surface area contributed by atoms with E-state index in [0.29, 0.717) is 17.9 Å². The van der Waals surface area contributed by atoms with E-state index in [0.717, 1.165) is 5.56 Å². The van der Waals surface area contributed by atoms with Gasteiger partial charge in [0.15, 0.2) is 38.7 Å². The molecule has 2 aliphatic carbocycles. The SMILES string of the molecule is COCOc1cc([C@H](O)[C@@H]2C[C@H]3[C@@H]4[C@H](O[C@@H]3O)[C@H]3OC(C)(C)O[C@H]3[C@H](O[Si](C)(C)C(C)(C)C)[C@H]24)ccc1OC. The van der Waals surface area contributed by atoms with Gasteiger partial charge in [0.1, 0.15) is 12.2 Å². The summed E-state index contributed by atoms with van der Waals surface area (Å²) in [6, 6.07) is 5.49. The molecule has 2 saturated carbocycles. The lowest BCUT2D eigenvalue weighted by Gasteiger charge is -2.49. The predicted molar refractivity (Wildman–Crippen MR) is 146 cm³/mol. The number of benzene rings is 1. The highest BCUT2D eigenvalue weighted by Crippen LogP contribution is 2.62. The number of methoxy groups -OCH3 is 2. The van der Waals surface area contributed by atoms with Crippen molar-refractivity contribution >= 4 is 8.32 Å². The minimum atomic E-state index is -2.25. The molecule has 0 amide bonds. The Hall–Kier alpha value is -1.24. The number of hydrogen-bond donors (Lipinski definition) is 2. The van der Waals surface area contributed by atoms with Crippen molar-refractivity contribution in [1.29, 1.82) is 0 Å². The molecule has 0 aromatic heterocycles. The van der Waals surface area contributed by atoms with Crippen LogP contribution in [0.1, 0.15) is 52.7 Å². The van der Waals surface area contributed by atoms with Gasteiger partial charge < -0.3 is 43.1 Å². The first-order valence-corrected chi connectivity index (χ1v) is 16.9. The standard InChI is InChI=1S/C29H46O9Si/c1-28(2,3)39(8,9)38-24-20-16(22(30)15-10-11-18(33-7)19(12-15)34-14-32-6)13-17-21(20)23(35-27(17)31)25-26(24)37-29(4,5)36-25/h10-12,16-17,20-27,30-31H,13-14H2,1-9H3/t16-,17+,20-,21+,22+,23+,24-,25-,26+,27+/m1/s1. The molecule has 0 spiro atoms. The zero-order valence-corrected chi connectivity index (χ0v) is 25.7. The Labute approximate surface area is 233 Å². The maximum atomic E-state index is 11.9. The number of aliphatic hydroxyl groups excluding tert-OH is 2. The molecule has 1 aromatic rings. The monoisotopic (exact) mass is 566 g/mol. The summed E-state index contributed by atoms with van der Waals surface area (Å²) in [5.41, 5.74) is 0.718. The van der Waals surface area contributed by atoms with Crippen LogP contribution < -0.4 is 9.47 Å². The molecule has 0 bridgehead atoms. The Kier molecular flexibility index (Phi) is 7.68. The Morgan fingerprint density at radius 2 is 1.74 bits per heavy atom. The molecule has 4 aliphatic rings. The van der Waals surface area contributed by atoms with Crippen LogP contribution in [-0.4, -0.2) is 76.0 Å². The third-order valence-electron chi connectivity index (χ3n) is 9.71. The lowest BCUT2D eigenvalue weighted by molar-refractivity contribution is -0.181. The fraction of sp³-hybridized carbons (Fsp3) is 0.793. The zero-order chi connectivity index (χ0) is 28.5. The Morgan fingerprint density at radius 1 is 1.05 bits per heavy atom. The molecular formula is C29H46O9Si. The van der Waals surface area contributed by atoms with Gasteiger partial charge in [-0.05, 0) is 67.9 Å². The van der Waals surface area contributed by atoms with E-state index in [9.17, 15) is 10.2 Å². The molecule has 9 nitrogen and oxygen atoms in total. The van der Waals surface area contributed by atoms with Crippen molar-refractivity contribution in [3.8, 4) is 11.5 Å². The van der Waals surface area contributed by atoms with Gasteiger partial charge in [0.2, 0.25) is 0 Å². The normalized spacial score (nSPS) is 37.9. The van der Waals surface area contributed by atoms with Crippen LogP contribution in [0.3, 0.4) is 0 Å². The van der Waals surface area contributed by atoms with Gasteiger partial charge in [-0.25, -0.2) is 0 Å². The lowest BCUT2D eigenvalue weighted by atomic mass is 9.69. The zero-order valence-electron chi connectivity index (χ0n) is 24.7. The van der Waals surface area contributed by atoms with Crippen molar-refractivity contribution in [3.05, 3.63) is 23.8 Å². The van der Waals surface area contributed by atoms with E-state index in [1.165, 1.54) is 0 Å². The largest absolute Gasteiger partial charge is 0.493 e. The van der Waals surface area contributed by atoms with Crippen molar-refractivity contribution < 1.29 is 43.1 Å². The molecule has 220 valence electrons. The van der Waals surface area contributed by atoms with Crippen LogP contribution in [0.5, 0.6) is 11.5 Å². The fourth-order valence-electron chi connectivity index (χ4n) is 6.99. The number of ether oxygens (including phenoxy) is 6. The fourth-order valence-corrected chi connectivity index (χ4v) is 8.31. The van der Waals surface area contributed by atoms with Crippen molar-refractivity contribution in [2.24, 2.45) is 23.7 Å². The summed E-state index contributed by atoms with van der Waals surface area (Å²) < 4.78 is 42.5. The average molecular weight is 567 g/mol. The third-order valence-corrected chi connectivity index (χ3v) is 14.2. The Bertz CT molecular complexity index is 1040. The Morgan fingerprint density at radius 3 is 2.38 bits per heavy atom. The van der Waals surface area contributed by atoms with E-state index < -0.39 is 26.5 Å². The molecule has 1 aromatic carbocycles. The van der Waals surface area contributed by atoms with E-state index in [4.69, 9.17) is 32.8 Å². The maximum Gasteiger partial charge on any atom is 0.192 e. The molecule has 0 radical (unpaired) electrons. The highest BCUT2D eigenvalue weighted by atomic mass is 28.4. The number of hydrogen-bond acceptors (Lipinski definition) is 9. The minimum absolute atomic E-state index is 0.0179. The van der Waals surface area contributed by atoms with Gasteiger partial charge in [0.05, 0.1) is 25.4 Å². The highest BCUT2D eigenvalue weighted by Gasteiger charge is 2.69. The Balaban J connectivity index is 1.54. The van der Waals surface area contributed by atoms with Crippen LogP contribution in [-0.2, 0) is 23.4 Å².